The fourth-order valence-corrected chi connectivity index (χ4v) is 2.86. The van der Waals surface area contributed by atoms with Crippen molar-refractivity contribution in [3.63, 3.8) is 0 Å². The minimum atomic E-state index is -0.438. The number of hydrogen-bond donors (Lipinski definition) is 0. The molecule has 1 aromatic heterocycles. The number of rotatable bonds is 4. The third-order valence-corrected chi connectivity index (χ3v) is 4.01. The largest absolute Gasteiger partial charge is 0.444 e. The standard InChI is InChI=1S/C15H24N2O3S/c1-15(2,3)20-14(18)17-6-4-5-12(8-17)9-19-10-13-7-16-11-21-13/h7,11-12H,4-6,8-10H2,1-3H3. The highest BCUT2D eigenvalue weighted by Gasteiger charge is 2.27. The quantitative estimate of drug-likeness (QED) is 0.856. The summed E-state index contributed by atoms with van der Waals surface area (Å²) in [5.74, 6) is 0.388. The Hall–Kier alpha value is -1.14. The van der Waals surface area contributed by atoms with Crippen molar-refractivity contribution in [3.05, 3.63) is 16.6 Å². The molecule has 1 fully saturated rings. The molecule has 0 N–H and O–H groups in total. The van der Waals surface area contributed by atoms with E-state index in [0.29, 0.717) is 19.1 Å². The van der Waals surface area contributed by atoms with E-state index in [2.05, 4.69) is 4.98 Å². The highest BCUT2D eigenvalue weighted by Crippen LogP contribution is 2.20. The molecule has 0 bridgehead atoms. The third kappa shape index (κ3) is 5.63. The number of likely N-dealkylation sites (tertiary alicyclic amines) is 1. The molecule has 0 spiro atoms. The minimum Gasteiger partial charge on any atom is -0.444 e. The van der Waals surface area contributed by atoms with E-state index in [1.165, 1.54) is 0 Å². The van der Waals surface area contributed by atoms with Gasteiger partial charge in [0.1, 0.15) is 5.60 Å². The molecule has 1 aliphatic heterocycles. The van der Waals surface area contributed by atoms with Crippen LogP contribution in [0.25, 0.3) is 0 Å². The number of carbonyl (C=O) groups is 1. The van der Waals surface area contributed by atoms with Crippen LogP contribution in [0.15, 0.2) is 11.7 Å². The SMILES string of the molecule is CC(C)(C)OC(=O)N1CCCC(COCc2cncs2)C1. The average Bonchev–Trinajstić information content (AvgIpc) is 2.90. The number of piperidine rings is 1. The van der Waals surface area contributed by atoms with Crippen molar-refractivity contribution in [2.75, 3.05) is 19.7 Å². The van der Waals surface area contributed by atoms with E-state index < -0.39 is 5.60 Å². The van der Waals surface area contributed by atoms with E-state index in [1.807, 2.05) is 32.5 Å². The highest BCUT2D eigenvalue weighted by molar-refractivity contribution is 7.09. The topological polar surface area (TPSA) is 51.7 Å². The summed E-state index contributed by atoms with van der Waals surface area (Å²) in [5, 5.41) is 0. The van der Waals surface area contributed by atoms with Crippen molar-refractivity contribution in [2.24, 2.45) is 5.92 Å². The van der Waals surface area contributed by atoms with Crippen molar-refractivity contribution in [3.8, 4) is 0 Å². The van der Waals surface area contributed by atoms with E-state index in [4.69, 9.17) is 9.47 Å². The third-order valence-electron chi connectivity index (χ3n) is 3.25. The molecule has 0 aromatic carbocycles. The lowest BCUT2D eigenvalue weighted by Crippen LogP contribution is -2.43. The van der Waals surface area contributed by atoms with Crippen LogP contribution in [-0.2, 0) is 16.1 Å². The van der Waals surface area contributed by atoms with Crippen LogP contribution in [-0.4, -0.2) is 41.3 Å². The molecule has 1 aliphatic rings. The van der Waals surface area contributed by atoms with E-state index in [-0.39, 0.29) is 6.09 Å². The Morgan fingerprint density at radius 3 is 3.00 bits per heavy atom. The molecule has 1 atom stereocenters. The summed E-state index contributed by atoms with van der Waals surface area (Å²) < 4.78 is 11.2. The van der Waals surface area contributed by atoms with Crippen LogP contribution >= 0.6 is 11.3 Å². The number of nitrogens with zero attached hydrogens (tertiary/aromatic N) is 2. The highest BCUT2D eigenvalue weighted by atomic mass is 32.1. The molecule has 1 unspecified atom stereocenters. The van der Waals surface area contributed by atoms with Crippen molar-refractivity contribution in [1.82, 2.24) is 9.88 Å². The maximum absolute atomic E-state index is 12.1. The predicted octanol–water partition coefficient (Wildman–Crippen LogP) is 3.31. The Labute approximate surface area is 130 Å². The molecule has 1 aromatic rings. The second-order valence-corrected chi connectivity index (χ2v) is 7.39. The van der Waals surface area contributed by atoms with Crippen molar-refractivity contribution < 1.29 is 14.3 Å². The summed E-state index contributed by atoms with van der Waals surface area (Å²) in [7, 11) is 0. The monoisotopic (exact) mass is 312 g/mol. The minimum absolute atomic E-state index is 0.213. The lowest BCUT2D eigenvalue weighted by molar-refractivity contribution is 0.00612. The predicted molar refractivity (Wildman–Crippen MR) is 82.3 cm³/mol. The van der Waals surface area contributed by atoms with Gasteiger partial charge in [-0.25, -0.2) is 4.79 Å². The summed E-state index contributed by atoms with van der Waals surface area (Å²) in [6, 6.07) is 0. The first-order valence-corrected chi connectivity index (χ1v) is 8.25. The molecule has 0 aliphatic carbocycles. The van der Waals surface area contributed by atoms with Gasteiger partial charge in [-0.1, -0.05) is 0 Å². The maximum atomic E-state index is 12.1. The summed E-state index contributed by atoms with van der Waals surface area (Å²) in [6.45, 7) is 8.46. The number of amides is 1. The molecule has 5 nitrogen and oxygen atoms in total. The van der Waals surface area contributed by atoms with Gasteiger partial charge in [0.15, 0.2) is 0 Å². The van der Waals surface area contributed by atoms with Gasteiger partial charge in [0.05, 0.1) is 23.6 Å². The zero-order valence-corrected chi connectivity index (χ0v) is 13.8. The maximum Gasteiger partial charge on any atom is 0.410 e. The van der Waals surface area contributed by atoms with Crippen LogP contribution in [0.3, 0.4) is 0 Å². The zero-order chi connectivity index (χ0) is 15.3. The fraction of sp³-hybridized carbons (Fsp3) is 0.733. The van der Waals surface area contributed by atoms with Crippen molar-refractivity contribution >= 4 is 17.4 Å². The normalized spacial score (nSPS) is 19.6. The van der Waals surface area contributed by atoms with Gasteiger partial charge in [0.25, 0.3) is 0 Å². The summed E-state index contributed by atoms with van der Waals surface area (Å²) in [6.07, 6.45) is 3.73. The number of hydrogen-bond acceptors (Lipinski definition) is 5. The van der Waals surface area contributed by atoms with E-state index >= 15 is 0 Å². The Morgan fingerprint density at radius 1 is 1.52 bits per heavy atom. The zero-order valence-electron chi connectivity index (χ0n) is 13.0. The molecule has 2 heterocycles. The number of thiazole rings is 1. The van der Waals surface area contributed by atoms with Gasteiger partial charge >= 0.3 is 6.09 Å². The van der Waals surface area contributed by atoms with E-state index in [0.717, 1.165) is 30.8 Å². The van der Waals surface area contributed by atoms with E-state index in [1.54, 1.807) is 16.2 Å². The van der Waals surface area contributed by atoms with Crippen LogP contribution in [0.2, 0.25) is 0 Å². The second-order valence-electron chi connectivity index (χ2n) is 6.42. The van der Waals surface area contributed by atoms with Crippen LogP contribution in [0.4, 0.5) is 4.79 Å². The average molecular weight is 312 g/mol. The molecular formula is C15H24N2O3S. The summed E-state index contributed by atoms with van der Waals surface area (Å²) in [4.78, 5) is 19.0. The molecule has 2 rings (SSSR count). The lowest BCUT2D eigenvalue weighted by atomic mass is 9.99. The number of carbonyl (C=O) groups excluding carboxylic acids is 1. The Morgan fingerprint density at radius 2 is 2.33 bits per heavy atom. The smallest absolute Gasteiger partial charge is 0.410 e. The summed E-state index contributed by atoms with van der Waals surface area (Å²) >= 11 is 1.60. The molecular weight excluding hydrogens is 288 g/mol. The first-order valence-electron chi connectivity index (χ1n) is 7.37. The Kier molecular flexibility index (Phi) is 5.58. The van der Waals surface area contributed by atoms with Gasteiger partial charge < -0.3 is 14.4 Å². The van der Waals surface area contributed by atoms with Crippen LogP contribution in [0.1, 0.15) is 38.5 Å². The van der Waals surface area contributed by atoms with Gasteiger partial charge in [-0.2, -0.15) is 0 Å². The van der Waals surface area contributed by atoms with Crippen molar-refractivity contribution in [2.45, 2.75) is 45.8 Å². The van der Waals surface area contributed by atoms with Crippen LogP contribution in [0, 0.1) is 5.92 Å². The first-order chi connectivity index (χ1) is 9.94. The van der Waals surface area contributed by atoms with Gasteiger partial charge in [-0.15, -0.1) is 11.3 Å². The molecule has 1 saturated heterocycles. The van der Waals surface area contributed by atoms with Gasteiger partial charge in [0.2, 0.25) is 0 Å². The summed E-state index contributed by atoms with van der Waals surface area (Å²) in [5.41, 5.74) is 1.37. The van der Waals surface area contributed by atoms with Crippen molar-refractivity contribution in [1.29, 1.82) is 0 Å². The number of ether oxygens (including phenoxy) is 2. The Balaban J connectivity index is 1.74. The lowest BCUT2D eigenvalue weighted by Gasteiger charge is -2.34. The number of aromatic nitrogens is 1. The fourth-order valence-electron chi connectivity index (χ4n) is 2.33. The molecule has 0 saturated carbocycles. The van der Waals surface area contributed by atoms with Gasteiger partial charge in [-0.3, -0.25) is 4.98 Å². The Bertz CT molecular complexity index is 442. The van der Waals surface area contributed by atoms with Gasteiger partial charge in [-0.05, 0) is 33.6 Å². The van der Waals surface area contributed by atoms with Crippen LogP contribution < -0.4 is 0 Å². The molecule has 21 heavy (non-hydrogen) atoms. The van der Waals surface area contributed by atoms with Gasteiger partial charge in [0, 0.05) is 25.2 Å². The second kappa shape index (κ2) is 7.22. The van der Waals surface area contributed by atoms with E-state index in [9.17, 15) is 4.79 Å². The molecule has 6 heteroatoms. The van der Waals surface area contributed by atoms with Crippen LogP contribution in [0.5, 0.6) is 0 Å². The molecule has 1 amide bonds. The molecule has 0 radical (unpaired) electrons. The molecule has 118 valence electrons. The first kappa shape index (κ1) is 16.2.